The van der Waals surface area contributed by atoms with Crippen molar-refractivity contribution in [2.75, 3.05) is 26.9 Å². The number of nitrogens with zero attached hydrogens (tertiary/aromatic N) is 2. The minimum Gasteiger partial charge on any atom is -0.353 e. The van der Waals surface area contributed by atoms with Gasteiger partial charge in [-0.05, 0) is 95.9 Å². The Kier molecular flexibility index (Phi) is 7.91. The third-order valence-electron chi connectivity index (χ3n) is 13.0. The standard InChI is InChI=1S/C32H58N8O3/c1-31(2)42-26-23(41-30(27(26)43-31)40-17-36-25-28(33)34-16-35-29(25)40)15-39(4)20-12-18(13-20)6-9-24-37-21-8-7-19(14-22(21)38-24)32(3)10-5-11-32/h18-30,34-38H,5-17,33H2,1-4H3/t18?,19?,20?,21?,22?,23-,24?,25?,26-,27-,28?,29?,30-/m1/s1. The normalized spacial score (nSPS) is 50.2. The van der Waals surface area contributed by atoms with Gasteiger partial charge in [-0.1, -0.05) is 13.3 Å². The van der Waals surface area contributed by atoms with Crippen LogP contribution in [0.25, 0.3) is 0 Å². The molecule has 8 rings (SSSR count). The summed E-state index contributed by atoms with van der Waals surface area (Å²) < 4.78 is 19.7. The van der Waals surface area contributed by atoms with Crippen LogP contribution in [0.15, 0.2) is 0 Å². The number of rotatable bonds is 8. The average Bonchev–Trinajstić information content (AvgIpc) is 3.68. The molecular weight excluding hydrogens is 544 g/mol. The lowest BCUT2D eigenvalue weighted by Crippen LogP contribution is -2.68. The Morgan fingerprint density at radius 1 is 0.930 bits per heavy atom. The highest BCUT2D eigenvalue weighted by Crippen LogP contribution is 2.52. The second kappa shape index (κ2) is 11.4. The monoisotopic (exact) mass is 602 g/mol. The van der Waals surface area contributed by atoms with Crippen molar-refractivity contribution in [3.8, 4) is 0 Å². The summed E-state index contributed by atoms with van der Waals surface area (Å²) in [6.07, 6.45) is 13.9. The molecule has 3 saturated carbocycles. The third kappa shape index (κ3) is 5.52. The van der Waals surface area contributed by atoms with Gasteiger partial charge < -0.3 is 24.8 Å². The summed E-state index contributed by atoms with van der Waals surface area (Å²) in [5, 5.41) is 18.4. The Balaban J connectivity index is 0.808. The first kappa shape index (κ1) is 29.9. The maximum absolute atomic E-state index is 6.78. The summed E-state index contributed by atoms with van der Waals surface area (Å²) in [6.45, 7) is 8.88. The summed E-state index contributed by atoms with van der Waals surface area (Å²) in [6, 6.07) is 2.14. The van der Waals surface area contributed by atoms with E-state index < -0.39 is 5.79 Å². The molecule has 8 fully saturated rings. The second-order valence-corrected chi connectivity index (χ2v) is 16.2. The fourth-order valence-corrected chi connectivity index (χ4v) is 10.1. The van der Waals surface area contributed by atoms with Crippen LogP contribution >= 0.6 is 0 Å². The van der Waals surface area contributed by atoms with E-state index in [-0.39, 0.29) is 42.9 Å². The van der Waals surface area contributed by atoms with Crippen LogP contribution in [0.2, 0.25) is 0 Å². The van der Waals surface area contributed by atoms with Crippen molar-refractivity contribution >= 4 is 0 Å². The van der Waals surface area contributed by atoms with Crippen LogP contribution in [0.1, 0.15) is 85.0 Å². The predicted octanol–water partition coefficient (Wildman–Crippen LogP) is 0.961. The molecule has 0 aromatic carbocycles. The first-order chi connectivity index (χ1) is 20.7. The van der Waals surface area contributed by atoms with Crippen LogP contribution in [0, 0.1) is 17.3 Å². The van der Waals surface area contributed by atoms with Gasteiger partial charge in [0.1, 0.15) is 24.5 Å². The lowest BCUT2D eigenvalue weighted by atomic mass is 9.58. The van der Waals surface area contributed by atoms with Gasteiger partial charge in [0.25, 0.3) is 0 Å². The predicted molar refractivity (Wildman–Crippen MR) is 164 cm³/mol. The highest BCUT2D eigenvalue weighted by molar-refractivity contribution is 5.06. The van der Waals surface area contributed by atoms with E-state index in [9.17, 15) is 0 Å². The van der Waals surface area contributed by atoms with Gasteiger partial charge >= 0.3 is 0 Å². The van der Waals surface area contributed by atoms with Crippen molar-refractivity contribution in [3.63, 3.8) is 0 Å². The maximum Gasteiger partial charge on any atom is 0.164 e. The average molecular weight is 603 g/mol. The SMILES string of the molecule is CN(C[C@H]1O[C@@H](N2CNC3C(N)NCNC32)[C@@H]2OC(C)(C)O[C@@H]21)C1CC(CCC2NC3CCC(C4(C)CCC4)CC3N2)C1. The molecule has 0 aromatic rings. The highest BCUT2D eigenvalue weighted by atomic mass is 16.8. The second-order valence-electron chi connectivity index (χ2n) is 16.2. The molecule has 11 nitrogen and oxygen atoms in total. The molecule has 8 aliphatic rings. The van der Waals surface area contributed by atoms with Crippen LogP contribution in [-0.4, -0.2) is 110 Å². The largest absolute Gasteiger partial charge is 0.353 e. The molecule has 3 aliphatic carbocycles. The van der Waals surface area contributed by atoms with E-state index >= 15 is 0 Å². The molecule has 0 spiro atoms. The molecule has 5 aliphatic heterocycles. The van der Waals surface area contributed by atoms with Crippen molar-refractivity contribution < 1.29 is 14.2 Å². The Morgan fingerprint density at radius 2 is 1.72 bits per heavy atom. The van der Waals surface area contributed by atoms with Gasteiger partial charge in [-0.3, -0.25) is 26.6 Å². The molecule has 0 bridgehead atoms. The van der Waals surface area contributed by atoms with Crippen molar-refractivity contribution in [1.82, 2.24) is 36.4 Å². The van der Waals surface area contributed by atoms with Crippen molar-refractivity contribution in [3.05, 3.63) is 0 Å². The van der Waals surface area contributed by atoms with E-state index in [1.807, 2.05) is 13.8 Å². The van der Waals surface area contributed by atoms with Crippen molar-refractivity contribution in [2.24, 2.45) is 23.0 Å². The van der Waals surface area contributed by atoms with Crippen LogP contribution in [-0.2, 0) is 14.2 Å². The molecule has 11 heteroatoms. The number of likely N-dealkylation sites (N-methyl/N-ethyl adjacent to an activating group) is 1. The minimum atomic E-state index is -0.601. The van der Waals surface area contributed by atoms with E-state index in [0.29, 0.717) is 43.0 Å². The number of ether oxygens (including phenoxy) is 3. The molecule has 5 saturated heterocycles. The summed E-state index contributed by atoms with van der Waals surface area (Å²) in [5.74, 6) is 1.16. The van der Waals surface area contributed by atoms with Gasteiger partial charge in [0, 0.05) is 31.3 Å². The summed E-state index contributed by atoms with van der Waals surface area (Å²) in [7, 11) is 2.28. The van der Waals surface area contributed by atoms with E-state index in [0.717, 1.165) is 18.4 Å². The zero-order valence-corrected chi connectivity index (χ0v) is 26.9. The lowest BCUT2D eigenvalue weighted by Gasteiger charge is -2.48. The Morgan fingerprint density at radius 3 is 2.51 bits per heavy atom. The highest BCUT2D eigenvalue weighted by Gasteiger charge is 2.59. The molecule has 43 heavy (non-hydrogen) atoms. The molecule has 244 valence electrons. The van der Waals surface area contributed by atoms with Crippen LogP contribution < -0.4 is 32.3 Å². The molecule has 0 radical (unpaired) electrons. The zero-order chi connectivity index (χ0) is 29.5. The maximum atomic E-state index is 6.78. The van der Waals surface area contributed by atoms with E-state index in [4.69, 9.17) is 19.9 Å². The third-order valence-corrected chi connectivity index (χ3v) is 13.0. The van der Waals surface area contributed by atoms with Gasteiger partial charge in [-0.25, -0.2) is 4.90 Å². The first-order valence-electron chi connectivity index (χ1n) is 17.6. The van der Waals surface area contributed by atoms with Gasteiger partial charge in [0.2, 0.25) is 0 Å². The number of nitrogens with two attached hydrogens (primary N) is 1. The number of fused-ring (bicyclic) bond motifs is 3. The quantitative estimate of drug-likeness (QED) is 0.238. The Labute approximate surface area is 258 Å². The van der Waals surface area contributed by atoms with E-state index in [1.54, 1.807) is 0 Å². The van der Waals surface area contributed by atoms with E-state index in [2.05, 4.69) is 50.4 Å². The lowest BCUT2D eigenvalue weighted by molar-refractivity contribution is -0.211. The molecule has 5 heterocycles. The molecule has 0 amide bonds. The fraction of sp³-hybridized carbons (Fsp3) is 1.00. The number of hydrogen-bond acceptors (Lipinski definition) is 11. The van der Waals surface area contributed by atoms with Gasteiger partial charge in [0.05, 0.1) is 31.2 Å². The summed E-state index contributed by atoms with van der Waals surface area (Å²) >= 11 is 0. The van der Waals surface area contributed by atoms with E-state index in [1.165, 1.54) is 64.2 Å². The molecule has 7 unspecified atom stereocenters. The smallest absolute Gasteiger partial charge is 0.164 e. The fourth-order valence-electron chi connectivity index (χ4n) is 10.1. The Hall–Kier alpha value is -0.440. The molecular formula is C32H58N8O3. The van der Waals surface area contributed by atoms with Gasteiger partial charge in [-0.2, -0.15) is 0 Å². The molecule has 0 aromatic heterocycles. The Bertz CT molecular complexity index is 1010. The van der Waals surface area contributed by atoms with Crippen LogP contribution in [0.5, 0.6) is 0 Å². The summed E-state index contributed by atoms with van der Waals surface area (Å²) in [4.78, 5) is 4.88. The topological polar surface area (TPSA) is 120 Å². The minimum absolute atomic E-state index is 0.0171. The summed E-state index contributed by atoms with van der Waals surface area (Å²) in [5.41, 5.74) is 6.99. The first-order valence-corrected chi connectivity index (χ1v) is 17.6. The number of nitrogens with one attached hydrogen (secondary N) is 5. The molecule has 11 atom stereocenters. The van der Waals surface area contributed by atoms with Crippen molar-refractivity contribution in [2.45, 2.75) is 158 Å². The molecule has 7 N–H and O–H groups in total. The number of hydrogen-bond donors (Lipinski definition) is 6. The zero-order valence-electron chi connectivity index (χ0n) is 26.9. The van der Waals surface area contributed by atoms with Crippen molar-refractivity contribution in [1.29, 1.82) is 0 Å². The van der Waals surface area contributed by atoms with Crippen LogP contribution in [0.3, 0.4) is 0 Å². The van der Waals surface area contributed by atoms with Crippen LogP contribution in [0.4, 0.5) is 0 Å². The van der Waals surface area contributed by atoms with Gasteiger partial charge in [-0.15, -0.1) is 0 Å². The van der Waals surface area contributed by atoms with Gasteiger partial charge in [0.15, 0.2) is 5.79 Å².